The number of aryl methyl sites for hydroxylation is 1. The minimum Gasteiger partial charge on any atom is -0.378 e. The first-order valence-corrected chi connectivity index (χ1v) is 9.17. The summed E-state index contributed by atoms with van der Waals surface area (Å²) in [7, 11) is 2.03. The molecule has 0 unspecified atom stereocenters. The number of pyridine rings is 1. The number of H-pyrrole nitrogens is 1. The van der Waals surface area contributed by atoms with Gasteiger partial charge in [0.1, 0.15) is 5.52 Å². The Labute approximate surface area is 160 Å². The maximum Gasteiger partial charge on any atom is 0.224 e. The lowest BCUT2D eigenvalue weighted by atomic mass is 10.2. The molecule has 4 N–H and O–H groups in total. The molecule has 0 atom stereocenters. The average Bonchev–Trinajstić information content (AvgIpc) is 3.32. The Bertz CT molecular complexity index is 1140. The molecule has 1 saturated heterocycles. The maximum atomic E-state index is 5.82. The summed E-state index contributed by atoms with van der Waals surface area (Å²) in [6.07, 6.45) is 3.61. The number of aromatic amines is 1. The standard InChI is InChI=1S/C18H21N9O/c1-26-3-2-11-13(26)8-14(27-4-6-28-7-5-27)12(23-11)9-20-16-15-17(22-10-21-15)25-18(19)24-16/h2-3,8,10H,4-7,9H2,1H3,(H4,19,20,21,22,24,25). The van der Waals surface area contributed by atoms with E-state index in [4.69, 9.17) is 15.5 Å². The van der Waals surface area contributed by atoms with Gasteiger partial charge in [-0.25, -0.2) is 9.97 Å². The molecule has 10 nitrogen and oxygen atoms in total. The van der Waals surface area contributed by atoms with Gasteiger partial charge in [-0.15, -0.1) is 0 Å². The Morgan fingerprint density at radius 2 is 2.11 bits per heavy atom. The fraction of sp³-hybridized carbons (Fsp3) is 0.333. The minimum atomic E-state index is 0.182. The summed E-state index contributed by atoms with van der Waals surface area (Å²) in [4.78, 5) is 22.9. The predicted octanol–water partition coefficient (Wildman–Crippen LogP) is 1.27. The van der Waals surface area contributed by atoms with Crippen molar-refractivity contribution in [1.82, 2.24) is 29.5 Å². The van der Waals surface area contributed by atoms with E-state index in [1.165, 1.54) is 0 Å². The molecule has 0 radical (unpaired) electrons. The first-order valence-electron chi connectivity index (χ1n) is 9.17. The zero-order valence-electron chi connectivity index (χ0n) is 15.5. The fourth-order valence-corrected chi connectivity index (χ4v) is 3.57. The number of anilines is 3. The van der Waals surface area contributed by atoms with Crippen molar-refractivity contribution in [2.75, 3.05) is 42.3 Å². The molecule has 0 saturated carbocycles. The van der Waals surface area contributed by atoms with E-state index < -0.39 is 0 Å². The van der Waals surface area contributed by atoms with Crippen molar-refractivity contribution in [3.05, 3.63) is 30.4 Å². The summed E-state index contributed by atoms with van der Waals surface area (Å²) >= 11 is 0. The molecule has 28 heavy (non-hydrogen) atoms. The number of fused-ring (bicyclic) bond motifs is 2. The lowest BCUT2D eigenvalue weighted by Gasteiger charge is -2.30. The minimum absolute atomic E-state index is 0.182. The number of hydrogen-bond donors (Lipinski definition) is 3. The van der Waals surface area contributed by atoms with Gasteiger partial charge in [0, 0.05) is 26.3 Å². The number of morpholine rings is 1. The number of nitrogens with one attached hydrogen (secondary N) is 2. The highest BCUT2D eigenvalue weighted by molar-refractivity contribution is 5.84. The Morgan fingerprint density at radius 1 is 1.25 bits per heavy atom. The van der Waals surface area contributed by atoms with Gasteiger partial charge in [0.15, 0.2) is 11.5 Å². The number of aromatic nitrogens is 6. The topological polar surface area (TPSA) is 123 Å². The Morgan fingerprint density at radius 3 is 2.96 bits per heavy atom. The monoisotopic (exact) mass is 379 g/mol. The SMILES string of the molecule is Cn1ccc2nc(CNc3nc(N)nc4nc[nH]c34)c(N3CCOCC3)cc21. The second-order valence-electron chi connectivity index (χ2n) is 6.77. The largest absolute Gasteiger partial charge is 0.378 e. The van der Waals surface area contributed by atoms with E-state index in [0.717, 1.165) is 54.2 Å². The average molecular weight is 379 g/mol. The molecule has 0 bridgehead atoms. The van der Waals surface area contributed by atoms with Gasteiger partial charge in [-0.2, -0.15) is 9.97 Å². The van der Waals surface area contributed by atoms with Crippen molar-refractivity contribution < 1.29 is 4.74 Å². The summed E-state index contributed by atoms with van der Waals surface area (Å²) < 4.78 is 7.60. The summed E-state index contributed by atoms with van der Waals surface area (Å²) in [5, 5.41) is 3.35. The van der Waals surface area contributed by atoms with Crippen molar-refractivity contribution in [2.24, 2.45) is 7.05 Å². The van der Waals surface area contributed by atoms with Gasteiger partial charge in [-0.05, 0) is 12.1 Å². The molecule has 1 aliphatic heterocycles. The first kappa shape index (κ1) is 16.8. The van der Waals surface area contributed by atoms with Gasteiger partial charge in [0.2, 0.25) is 5.95 Å². The third kappa shape index (κ3) is 2.87. The Kier molecular flexibility index (Phi) is 3.97. The van der Waals surface area contributed by atoms with Crippen LogP contribution in [0.5, 0.6) is 0 Å². The number of imidazole rings is 1. The van der Waals surface area contributed by atoms with Crippen molar-refractivity contribution in [3.8, 4) is 0 Å². The molecule has 5 rings (SSSR count). The third-order valence-corrected chi connectivity index (χ3v) is 5.00. The molecule has 4 aromatic heterocycles. The highest BCUT2D eigenvalue weighted by Gasteiger charge is 2.18. The van der Waals surface area contributed by atoms with Crippen LogP contribution in [0, 0.1) is 0 Å². The van der Waals surface area contributed by atoms with Crippen LogP contribution >= 0.6 is 0 Å². The number of rotatable bonds is 4. The van der Waals surface area contributed by atoms with Crippen LogP contribution in [0.25, 0.3) is 22.2 Å². The second-order valence-corrected chi connectivity index (χ2v) is 6.77. The van der Waals surface area contributed by atoms with E-state index in [2.05, 4.69) is 40.8 Å². The molecule has 4 aromatic rings. The van der Waals surface area contributed by atoms with Crippen molar-refractivity contribution >= 4 is 39.7 Å². The lowest BCUT2D eigenvalue weighted by molar-refractivity contribution is 0.122. The quantitative estimate of drug-likeness (QED) is 0.484. The molecular weight excluding hydrogens is 358 g/mol. The highest BCUT2D eigenvalue weighted by Crippen LogP contribution is 2.27. The van der Waals surface area contributed by atoms with Gasteiger partial charge >= 0.3 is 0 Å². The molecule has 1 aliphatic rings. The number of nitrogens with zero attached hydrogens (tertiary/aromatic N) is 6. The van der Waals surface area contributed by atoms with Crippen LogP contribution in [-0.4, -0.2) is 55.8 Å². The van der Waals surface area contributed by atoms with E-state index >= 15 is 0 Å². The van der Waals surface area contributed by atoms with Crippen molar-refractivity contribution in [2.45, 2.75) is 6.54 Å². The normalized spacial score (nSPS) is 14.8. The smallest absolute Gasteiger partial charge is 0.224 e. The Balaban J connectivity index is 1.52. The summed E-state index contributed by atoms with van der Waals surface area (Å²) in [6, 6.07) is 4.22. The Hall–Kier alpha value is -3.40. The number of ether oxygens (including phenoxy) is 1. The molecule has 1 fully saturated rings. The van der Waals surface area contributed by atoms with Crippen molar-refractivity contribution in [3.63, 3.8) is 0 Å². The van der Waals surface area contributed by atoms with Crippen LogP contribution in [0.4, 0.5) is 17.5 Å². The molecule has 5 heterocycles. The van der Waals surface area contributed by atoms with Gasteiger partial charge < -0.3 is 30.2 Å². The lowest BCUT2D eigenvalue weighted by Crippen LogP contribution is -2.37. The second kappa shape index (κ2) is 6.64. The van der Waals surface area contributed by atoms with Crippen LogP contribution in [0.15, 0.2) is 24.7 Å². The molecule has 0 spiro atoms. The van der Waals surface area contributed by atoms with Crippen LogP contribution < -0.4 is 16.0 Å². The van der Waals surface area contributed by atoms with Crippen LogP contribution in [0.3, 0.4) is 0 Å². The van der Waals surface area contributed by atoms with E-state index in [-0.39, 0.29) is 5.95 Å². The summed E-state index contributed by atoms with van der Waals surface area (Å²) in [5.41, 5.74) is 11.2. The van der Waals surface area contributed by atoms with Crippen LogP contribution in [0.2, 0.25) is 0 Å². The van der Waals surface area contributed by atoms with E-state index in [1.807, 2.05) is 19.3 Å². The number of nitrogen functional groups attached to an aromatic ring is 1. The number of nitrogens with two attached hydrogens (primary N) is 1. The molecule has 10 heteroatoms. The van der Waals surface area contributed by atoms with E-state index in [9.17, 15) is 0 Å². The first-order chi connectivity index (χ1) is 13.7. The molecular formula is C18H21N9O. The van der Waals surface area contributed by atoms with Gasteiger partial charge in [0.25, 0.3) is 0 Å². The zero-order chi connectivity index (χ0) is 19.1. The zero-order valence-corrected chi connectivity index (χ0v) is 15.5. The van der Waals surface area contributed by atoms with Crippen molar-refractivity contribution in [1.29, 1.82) is 0 Å². The number of hydrogen-bond acceptors (Lipinski definition) is 8. The predicted molar refractivity (Wildman–Crippen MR) is 107 cm³/mol. The third-order valence-electron chi connectivity index (χ3n) is 5.00. The maximum absolute atomic E-state index is 5.82. The van der Waals surface area contributed by atoms with Crippen LogP contribution in [0.1, 0.15) is 5.69 Å². The van der Waals surface area contributed by atoms with Gasteiger partial charge in [0.05, 0.1) is 48.5 Å². The van der Waals surface area contributed by atoms with E-state index in [0.29, 0.717) is 18.0 Å². The van der Waals surface area contributed by atoms with Gasteiger partial charge in [-0.1, -0.05) is 0 Å². The van der Waals surface area contributed by atoms with E-state index in [1.54, 1.807) is 6.33 Å². The van der Waals surface area contributed by atoms with Crippen LogP contribution in [-0.2, 0) is 18.3 Å². The molecule has 0 amide bonds. The van der Waals surface area contributed by atoms with Gasteiger partial charge in [-0.3, -0.25) is 0 Å². The fourth-order valence-electron chi connectivity index (χ4n) is 3.57. The molecule has 144 valence electrons. The summed E-state index contributed by atoms with van der Waals surface area (Å²) in [5.74, 6) is 0.796. The summed E-state index contributed by atoms with van der Waals surface area (Å²) in [6.45, 7) is 3.62. The highest BCUT2D eigenvalue weighted by atomic mass is 16.5. The molecule has 0 aliphatic carbocycles. The molecule has 0 aromatic carbocycles.